The molecule has 3 nitrogen and oxygen atoms in total. The summed E-state index contributed by atoms with van der Waals surface area (Å²) >= 11 is 4.80. The molecule has 0 unspecified atom stereocenters. The lowest BCUT2D eigenvalue weighted by molar-refractivity contribution is 0.0987. The van der Waals surface area contributed by atoms with Crippen molar-refractivity contribution in [2.45, 2.75) is 12.8 Å². The fourth-order valence-electron chi connectivity index (χ4n) is 2.40. The van der Waals surface area contributed by atoms with Crippen LogP contribution in [0.15, 0.2) is 34.1 Å². The van der Waals surface area contributed by atoms with Gasteiger partial charge >= 0.3 is 0 Å². The third kappa shape index (κ3) is 2.17. The number of aromatic hydroxyl groups is 1. The first-order valence-corrected chi connectivity index (χ1v) is 7.71. The predicted molar refractivity (Wildman–Crippen MR) is 80.1 cm³/mol. The minimum Gasteiger partial charge on any atom is -0.506 e. The van der Waals surface area contributed by atoms with Gasteiger partial charge < -0.3 is 10.0 Å². The largest absolute Gasteiger partial charge is 0.506 e. The number of halogens is 1. The van der Waals surface area contributed by atoms with Gasteiger partial charge in [0.2, 0.25) is 0 Å². The van der Waals surface area contributed by atoms with Gasteiger partial charge in [-0.1, -0.05) is 12.1 Å². The Morgan fingerprint density at radius 2 is 2.21 bits per heavy atom. The number of para-hydroxylation sites is 1. The van der Waals surface area contributed by atoms with Crippen molar-refractivity contribution in [3.63, 3.8) is 0 Å². The molecule has 0 saturated heterocycles. The van der Waals surface area contributed by atoms with Crippen molar-refractivity contribution in [2.24, 2.45) is 0 Å². The highest BCUT2D eigenvalue weighted by Crippen LogP contribution is 2.37. The predicted octanol–water partition coefficient (Wildman–Crippen LogP) is 3.81. The Kier molecular flexibility index (Phi) is 3.33. The number of thiophene rings is 1. The lowest BCUT2D eigenvalue weighted by atomic mass is 10.0. The van der Waals surface area contributed by atoms with Crippen LogP contribution in [0.4, 0.5) is 5.69 Å². The summed E-state index contributed by atoms with van der Waals surface area (Å²) in [6.07, 6.45) is 1.82. The number of anilines is 1. The number of phenolic OH excluding ortho intramolecular Hbond substituents is 1. The van der Waals surface area contributed by atoms with Crippen molar-refractivity contribution in [2.75, 3.05) is 11.4 Å². The van der Waals surface area contributed by atoms with Gasteiger partial charge in [0.25, 0.3) is 5.91 Å². The van der Waals surface area contributed by atoms with Crippen LogP contribution in [0, 0.1) is 0 Å². The van der Waals surface area contributed by atoms with E-state index in [9.17, 15) is 9.90 Å². The molecule has 98 valence electrons. The van der Waals surface area contributed by atoms with Crippen molar-refractivity contribution < 1.29 is 9.90 Å². The average molecular weight is 338 g/mol. The molecule has 0 saturated carbocycles. The number of carbonyl (C=O) groups is 1. The van der Waals surface area contributed by atoms with Gasteiger partial charge in [-0.25, -0.2) is 0 Å². The van der Waals surface area contributed by atoms with E-state index in [0.29, 0.717) is 17.1 Å². The highest BCUT2D eigenvalue weighted by Gasteiger charge is 2.27. The molecule has 0 atom stereocenters. The normalized spacial score (nSPS) is 14.3. The Balaban J connectivity index is 2.05. The first-order chi connectivity index (χ1) is 9.18. The van der Waals surface area contributed by atoms with Crippen LogP contribution < -0.4 is 4.90 Å². The number of hydrogen-bond donors (Lipinski definition) is 1. The smallest absolute Gasteiger partial charge is 0.269 e. The molecule has 1 N–H and O–H groups in total. The maximum Gasteiger partial charge on any atom is 0.269 e. The first-order valence-electron chi connectivity index (χ1n) is 6.04. The number of amides is 1. The standard InChI is InChI=1S/C14H12BrNO2S/c15-10-6-8-19-13(10)14(18)16-7-2-4-9-3-1-5-11(17)12(9)16/h1,3,5-6,8,17H,2,4,7H2. The molecule has 0 fully saturated rings. The van der Waals surface area contributed by atoms with Crippen molar-refractivity contribution in [1.29, 1.82) is 0 Å². The van der Waals surface area contributed by atoms with Crippen LogP contribution in [0.1, 0.15) is 21.7 Å². The SMILES string of the molecule is O=C(c1sccc1Br)N1CCCc2cccc(O)c21. The van der Waals surface area contributed by atoms with E-state index >= 15 is 0 Å². The Morgan fingerprint density at radius 3 is 2.95 bits per heavy atom. The molecule has 0 aliphatic carbocycles. The zero-order chi connectivity index (χ0) is 13.4. The highest BCUT2D eigenvalue weighted by molar-refractivity contribution is 9.10. The molecule has 1 aromatic carbocycles. The summed E-state index contributed by atoms with van der Waals surface area (Å²) in [5, 5.41) is 11.9. The Bertz CT molecular complexity index is 638. The summed E-state index contributed by atoms with van der Waals surface area (Å²) in [6, 6.07) is 7.29. The second-order valence-corrected chi connectivity index (χ2v) is 6.21. The Labute approximate surface area is 123 Å². The van der Waals surface area contributed by atoms with Crippen LogP contribution in [0.25, 0.3) is 0 Å². The second kappa shape index (κ2) is 4.98. The third-order valence-electron chi connectivity index (χ3n) is 3.25. The topological polar surface area (TPSA) is 40.5 Å². The van der Waals surface area contributed by atoms with Gasteiger partial charge in [0, 0.05) is 11.0 Å². The molecule has 2 heterocycles. The third-order valence-corrected chi connectivity index (χ3v) is 5.08. The van der Waals surface area contributed by atoms with Crippen LogP contribution >= 0.6 is 27.3 Å². The molecule has 0 radical (unpaired) electrons. The van der Waals surface area contributed by atoms with Gasteiger partial charge in [-0.05, 0) is 51.8 Å². The molecule has 1 aliphatic heterocycles. The molecule has 2 aromatic rings. The number of nitrogens with zero attached hydrogens (tertiary/aromatic N) is 1. The van der Waals surface area contributed by atoms with Crippen LogP contribution in [-0.4, -0.2) is 17.6 Å². The molecule has 0 spiro atoms. The summed E-state index contributed by atoms with van der Waals surface area (Å²) in [4.78, 5) is 15.0. The first kappa shape index (κ1) is 12.7. The number of phenols is 1. The molecule has 19 heavy (non-hydrogen) atoms. The lowest BCUT2D eigenvalue weighted by Crippen LogP contribution is -2.35. The molecular weight excluding hydrogens is 326 g/mol. The zero-order valence-electron chi connectivity index (χ0n) is 10.1. The maximum absolute atomic E-state index is 12.6. The Morgan fingerprint density at radius 1 is 1.37 bits per heavy atom. The fourth-order valence-corrected chi connectivity index (χ4v) is 3.89. The van der Waals surface area contributed by atoms with E-state index in [1.807, 2.05) is 23.6 Å². The molecule has 0 bridgehead atoms. The van der Waals surface area contributed by atoms with Crippen LogP contribution in [0.5, 0.6) is 5.75 Å². The van der Waals surface area contributed by atoms with Gasteiger partial charge in [0.15, 0.2) is 0 Å². The number of aryl methyl sites for hydroxylation is 1. The van der Waals surface area contributed by atoms with E-state index in [1.54, 1.807) is 11.0 Å². The van der Waals surface area contributed by atoms with Gasteiger partial charge in [-0.2, -0.15) is 0 Å². The van der Waals surface area contributed by atoms with Crippen molar-refractivity contribution in [3.05, 3.63) is 44.6 Å². The van der Waals surface area contributed by atoms with E-state index in [-0.39, 0.29) is 11.7 Å². The van der Waals surface area contributed by atoms with Crippen molar-refractivity contribution in [1.82, 2.24) is 0 Å². The second-order valence-electron chi connectivity index (χ2n) is 4.44. The molecule has 1 amide bonds. The summed E-state index contributed by atoms with van der Waals surface area (Å²) < 4.78 is 0.810. The highest BCUT2D eigenvalue weighted by atomic mass is 79.9. The number of carbonyl (C=O) groups excluding carboxylic acids is 1. The average Bonchev–Trinajstić information content (AvgIpc) is 2.84. The molecule has 3 rings (SSSR count). The van der Waals surface area contributed by atoms with E-state index in [1.165, 1.54) is 11.3 Å². The maximum atomic E-state index is 12.6. The van der Waals surface area contributed by atoms with E-state index in [0.717, 1.165) is 22.9 Å². The van der Waals surface area contributed by atoms with Gasteiger partial charge in [0.1, 0.15) is 10.6 Å². The summed E-state index contributed by atoms with van der Waals surface area (Å²) in [6.45, 7) is 0.647. The minimum atomic E-state index is -0.0516. The quantitative estimate of drug-likeness (QED) is 0.859. The van der Waals surface area contributed by atoms with Crippen molar-refractivity contribution >= 4 is 38.9 Å². The Hall–Kier alpha value is -1.33. The zero-order valence-corrected chi connectivity index (χ0v) is 12.5. The molecule has 5 heteroatoms. The summed E-state index contributed by atoms with van der Waals surface area (Å²) in [7, 11) is 0. The number of rotatable bonds is 1. The number of hydrogen-bond acceptors (Lipinski definition) is 3. The lowest BCUT2D eigenvalue weighted by Gasteiger charge is -2.29. The summed E-state index contributed by atoms with van der Waals surface area (Å²) in [5.41, 5.74) is 1.70. The van der Waals surface area contributed by atoms with Gasteiger partial charge in [0.05, 0.1) is 5.69 Å². The van der Waals surface area contributed by atoms with Crippen molar-refractivity contribution in [3.8, 4) is 5.75 Å². The van der Waals surface area contributed by atoms with Crippen LogP contribution in [0.3, 0.4) is 0 Å². The number of benzene rings is 1. The monoisotopic (exact) mass is 337 g/mol. The van der Waals surface area contributed by atoms with E-state index < -0.39 is 0 Å². The fraction of sp³-hybridized carbons (Fsp3) is 0.214. The van der Waals surface area contributed by atoms with Gasteiger partial charge in [-0.15, -0.1) is 11.3 Å². The number of fused-ring (bicyclic) bond motifs is 1. The van der Waals surface area contributed by atoms with Crippen LogP contribution in [-0.2, 0) is 6.42 Å². The molecule has 1 aromatic heterocycles. The minimum absolute atomic E-state index is 0.0516. The van der Waals surface area contributed by atoms with E-state index in [4.69, 9.17) is 0 Å². The van der Waals surface area contributed by atoms with Crippen LogP contribution in [0.2, 0.25) is 0 Å². The molecular formula is C14H12BrNO2S. The summed E-state index contributed by atoms with van der Waals surface area (Å²) in [5.74, 6) is 0.127. The van der Waals surface area contributed by atoms with Gasteiger partial charge in [-0.3, -0.25) is 4.79 Å². The molecule has 1 aliphatic rings. The van der Waals surface area contributed by atoms with E-state index in [2.05, 4.69) is 15.9 Å².